The third kappa shape index (κ3) is 2.00. The summed E-state index contributed by atoms with van der Waals surface area (Å²) in [6, 6.07) is 0. The first-order valence-electron chi connectivity index (χ1n) is 4.60. The monoisotopic (exact) mass is 186 g/mol. The van der Waals surface area contributed by atoms with Crippen LogP contribution in [0.2, 0.25) is 0 Å². The van der Waals surface area contributed by atoms with Gasteiger partial charge in [-0.1, -0.05) is 0 Å². The molecule has 1 fully saturated rings. The van der Waals surface area contributed by atoms with Crippen molar-refractivity contribution in [2.45, 2.75) is 18.4 Å². The van der Waals surface area contributed by atoms with Crippen LogP contribution in [-0.4, -0.2) is 50.7 Å². The molecule has 1 N–H and O–H groups in total. The number of methoxy groups -OCH3 is 1. The number of nitrogens with zero attached hydrogens (tertiary/aromatic N) is 1. The van der Waals surface area contributed by atoms with E-state index in [0.29, 0.717) is 0 Å². The topological polar surface area (TPSA) is 41.6 Å². The van der Waals surface area contributed by atoms with Crippen molar-refractivity contribution in [3.63, 3.8) is 0 Å². The van der Waals surface area contributed by atoms with Crippen molar-refractivity contribution in [2.24, 2.45) is 0 Å². The molecule has 0 aromatic rings. The van der Waals surface area contributed by atoms with Gasteiger partial charge < -0.3 is 15.0 Å². The highest BCUT2D eigenvalue weighted by Crippen LogP contribution is 2.21. The molecule has 1 atom stereocenters. The molecular formula is C9H18N2O2. The lowest BCUT2D eigenvalue weighted by molar-refractivity contribution is -0.150. The fraction of sp³-hybridized carbons (Fsp3) is 0.889. The summed E-state index contributed by atoms with van der Waals surface area (Å²) in [5.74, 6) is -0.151. The first kappa shape index (κ1) is 10.5. The van der Waals surface area contributed by atoms with Gasteiger partial charge in [0, 0.05) is 6.54 Å². The zero-order valence-electron chi connectivity index (χ0n) is 8.59. The molecule has 13 heavy (non-hydrogen) atoms. The summed E-state index contributed by atoms with van der Waals surface area (Å²) in [5.41, 5.74) is -0.484. The van der Waals surface area contributed by atoms with Crippen molar-refractivity contribution in [1.82, 2.24) is 10.2 Å². The molecule has 1 rings (SSSR count). The quantitative estimate of drug-likeness (QED) is 0.609. The smallest absolute Gasteiger partial charge is 0.327 e. The normalized spacial score (nSPS) is 30.1. The average molecular weight is 186 g/mol. The number of rotatable bonds is 2. The van der Waals surface area contributed by atoms with Crippen LogP contribution in [0.1, 0.15) is 12.8 Å². The predicted octanol–water partition coefficient (Wildman–Crippen LogP) is -0.157. The first-order chi connectivity index (χ1) is 6.14. The van der Waals surface area contributed by atoms with Crippen LogP contribution in [-0.2, 0) is 9.53 Å². The summed E-state index contributed by atoms with van der Waals surface area (Å²) in [6.07, 6.45) is 1.90. The van der Waals surface area contributed by atoms with Crippen molar-refractivity contribution >= 4 is 5.97 Å². The van der Waals surface area contributed by atoms with E-state index < -0.39 is 5.54 Å². The zero-order valence-corrected chi connectivity index (χ0v) is 8.59. The van der Waals surface area contributed by atoms with E-state index in [1.807, 2.05) is 14.1 Å². The highest BCUT2D eigenvalue weighted by molar-refractivity contribution is 5.81. The van der Waals surface area contributed by atoms with Crippen LogP contribution >= 0.6 is 0 Å². The maximum atomic E-state index is 11.6. The number of carbonyl (C=O) groups excluding carboxylic acids is 1. The van der Waals surface area contributed by atoms with E-state index in [4.69, 9.17) is 4.74 Å². The summed E-state index contributed by atoms with van der Waals surface area (Å²) in [7, 11) is 5.28. The minimum absolute atomic E-state index is 0.151. The molecular weight excluding hydrogens is 168 g/mol. The fourth-order valence-corrected chi connectivity index (χ4v) is 1.94. The number of likely N-dealkylation sites (tertiary alicyclic amines) is 1. The lowest BCUT2D eigenvalue weighted by atomic mass is 9.89. The largest absolute Gasteiger partial charge is 0.468 e. The summed E-state index contributed by atoms with van der Waals surface area (Å²) >= 11 is 0. The molecule has 0 spiro atoms. The van der Waals surface area contributed by atoms with Crippen molar-refractivity contribution in [2.75, 3.05) is 34.3 Å². The molecule has 76 valence electrons. The Morgan fingerprint density at radius 2 is 2.31 bits per heavy atom. The lowest BCUT2D eigenvalue weighted by Crippen LogP contribution is -2.60. The van der Waals surface area contributed by atoms with E-state index in [1.165, 1.54) is 7.11 Å². The number of esters is 1. The van der Waals surface area contributed by atoms with Gasteiger partial charge in [0.2, 0.25) is 0 Å². The van der Waals surface area contributed by atoms with Gasteiger partial charge in [0.15, 0.2) is 0 Å². The second-order valence-corrected chi connectivity index (χ2v) is 3.67. The van der Waals surface area contributed by atoms with Gasteiger partial charge in [-0.15, -0.1) is 0 Å². The fourth-order valence-electron chi connectivity index (χ4n) is 1.94. The molecule has 0 amide bonds. The average Bonchev–Trinajstić information content (AvgIpc) is 2.16. The Balaban J connectivity index is 2.73. The molecule has 0 bridgehead atoms. The highest BCUT2D eigenvalue weighted by Gasteiger charge is 2.40. The van der Waals surface area contributed by atoms with Gasteiger partial charge in [0.05, 0.1) is 7.11 Å². The molecule has 1 heterocycles. The number of ether oxygens (including phenoxy) is 1. The molecule has 0 aromatic carbocycles. The molecule has 0 aliphatic carbocycles. The van der Waals surface area contributed by atoms with Crippen molar-refractivity contribution < 1.29 is 9.53 Å². The summed E-state index contributed by atoms with van der Waals surface area (Å²) in [5, 5.41) is 3.08. The number of hydrogen-bond acceptors (Lipinski definition) is 4. The van der Waals surface area contributed by atoms with Crippen LogP contribution in [0.3, 0.4) is 0 Å². The summed E-state index contributed by atoms with van der Waals surface area (Å²) in [6.45, 7) is 1.79. The molecule has 1 saturated heterocycles. The summed E-state index contributed by atoms with van der Waals surface area (Å²) < 4.78 is 4.80. The standard InChI is InChI=1S/C9H18N2O2/c1-10-9(8(12)13-3)5-4-6-11(2)7-9/h10H,4-7H2,1-3H3. The number of nitrogens with one attached hydrogen (secondary N) is 1. The molecule has 4 nitrogen and oxygen atoms in total. The molecule has 0 aromatic heterocycles. The number of carbonyl (C=O) groups is 1. The van der Waals surface area contributed by atoms with Crippen LogP contribution in [0.5, 0.6) is 0 Å². The van der Waals surface area contributed by atoms with E-state index in [0.717, 1.165) is 25.9 Å². The van der Waals surface area contributed by atoms with E-state index in [9.17, 15) is 4.79 Å². The maximum Gasteiger partial charge on any atom is 0.327 e. The Labute approximate surface area is 79.2 Å². The number of piperidine rings is 1. The lowest BCUT2D eigenvalue weighted by Gasteiger charge is -2.38. The Kier molecular flexibility index (Phi) is 3.27. The number of likely N-dealkylation sites (N-methyl/N-ethyl adjacent to an activating group) is 2. The number of hydrogen-bond donors (Lipinski definition) is 1. The van der Waals surface area contributed by atoms with E-state index >= 15 is 0 Å². The van der Waals surface area contributed by atoms with Crippen LogP contribution < -0.4 is 5.32 Å². The third-order valence-electron chi connectivity index (χ3n) is 2.74. The van der Waals surface area contributed by atoms with Crippen LogP contribution in [0.15, 0.2) is 0 Å². The van der Waals surface area contributed by atoms with E-state index in [-0.39, 0.29) is 5.97 Å². The maximum absolute atomic E-state index is 11.6. The first-order valence-corrected chi connectivity index (χ1v) is 4.60. The van der Waals surface area contributed by atoms with Gasteiger partial charge in [-0.05, 0) is 33.5 Å². The molecule has 0 saturated carbocycles. The molecule has 1 aliphatic rings. The van der Waals surface area contributed by atoms with Gasteiger partial charge in [0.1, 0.15) is 5.54 Å². The Morgan fingerprint density at radius 1 is 1.62 bits per heavy atom. The Hall–Kier alpha value is -0.610. The van der Waals surface area contributed by atoms with Gasteiger partial charge in [-0.25, -0.2) is 0 Å². The molecule has 4 heteroatoms. The minimum Gasteiger partial charge on any atom is -0.468 e. The Bertz CT molecular complexity index is 196. The van der Waals surface area contributed by atoms with Crippen molar-refractivity contribution in [3.05, 3.63) is 0 Å². The molecule has 1 unspecified atom stereocenters. The zero-order chi connectivity index (χ0) is 9.90. The van der Waals surface area contributed by atoms with Gasteiger partial charge in [-0.2, -0.15) is 0 Å². The summed E-state index contributed by atoms with van der Waals surface area (Å²) in [4.78, 5) is 13.7. The van der Waals surface area contributed by atoms with Crippen molar-refractivity contribution in [1.29, 1.82) is 0 Å². The van der Waals surface area contributed by atoms with E-state index in [1.54, 1.807) is 0 Å². The Morgan fingerprint density at radius 3 is 2.77 bits per heavy atom. The van der Waals surface area contributed by atoms with Crippen LogP contribution in [0.4, 0.5) is 0 Å². The second kappa shape index (κ2) is 4.07. The third-order valence-corrected chi connectivity index (χ3v) is 2.74. The van der Waals surface area contributed by atoms with Gasteiger partial charge in [0.25, 0.3) is 0 Å². The second-order valence-electron chi connectivity index (χ2n) is 3.67. The predicted molar refractivity (Wildman–Crippen MR) is 50.5 cm³/mol. The highest BCUT2D eigenvalue weighted by atomic mass is 16.5. The van der Waals surface area contributed by atoms with Gasteiger partial charge >= 0.3 is 5.97 Å². The van der Waals surface area contributed by atoms with Gasteiger partial charge in [-0.3, -0.25) is 4.79 Å². The minimum atomic E-state index is -0.484. The van der Waals surface area contributed by atoms with Crippen LogP contribution in [0, 0.1) is 0 Å². The van der Waals surface area contributed by atoms with Crippen LogP contribution in [0.25, 0.3) is 0 Å². The molecule has 1 aliphatic heterocycles. The van der Waals surface area contributed by atoms with E-state index in [2.05, 4.69) is 10.2 Å². The van der Waals surface area contributed by atoms with Crippen molar-refractivity contribution in [3.8, 4) is 0 Å². The SMILES string of the molecule is CNC1(C(=O)OC)CCCN(C)C1. The molecule has 0 radical (unpaired) electrons.